The molecule has 1 fully saturated rings. The Labute approximate surface area is 189 Å². The number of hydrogen-bond acceptors (Lipinski definition) is 6. The van der Waals surface area contributed by atoms with Gasteiger partial charge in [-0.15, -0.1) is 11.3 Å². The van der Waals surface area contributed by atoms with E-state index in [1.807, 2.05) is 58.8 Å². The summed E-state index contributed by atoms with van der Waals surface area (Å²) >= 11 is 1.41. The van der Waals surface area contributed by atoms with E-state index in [2.05, 4.69) is 15.3 Å². The number of rotatable bonds is 5. The van der Waals surface area contributed by atoms with E-state index in [-0.39, 0.29) is 17.4 Å². The van der Waals surface area contributed by atoms with E-state index < -0.39 is 0 Å². The molecule has 1 aliphatic heterocycles. The molecule has 4 aromatic rings. The summed E-state index contributed by atoms with van der Waals surface area (Å²) in [4.78, 5) is 39.6. The Hall–Kier alpha value is -3.52. The first-order valence-electron chi connectivity index (χ1n) is 10.7. The number of carbonyl (C=O) groups excluding carboxylic acids is 1. The fraction of sp³-hybridized carbons (Fsp3) is 0.250. The van der Waals surface area contributed by atoms with E-state index in [1.54, 1.807) is 6.20 Å². The lowest BCUT2D eigenvalue weighted by molar-refractivity contribution is -0.125. The van der Waals surface area contributed by atoms with E-state index in [1.165, 1.54) is 11.3 Å². The SMILES string of the molecule is O=C(NCc1ccccn1)[C@H]1CCCN(c2nc3c(-c4ccccc4)csc3c(=O)[nH]2)C1. The van der Waals surface area contributed by atoms with Crippen LogP contribution in [0, 0.1) is 5.92 Å². The summed E-state index contributed by atoms with van der Waals surface area (Å²) in [7, 11) is 0. The van der Waals surface area contributed by atoms with Crippen molar-refractivity contribution in [2.24, 2.45) is 5.92 Å². The molecule has 0 spiro atoms. The Morgan fingerprint density at radius 1 is 1.19 bits per heavy atom. The number of aromatic nitrogens is 3. The molecule has 32 heavy (non-hydrogen) atoms. The molecule has 5 rings (SSSR count). The number of benzene rings is 1. The quantitative estimate of drug-likeness (QED) is 0.490. The number of H-pyrrole nitrogens is 1. The number of hydrogen-bond donors (Lipinski definition) is 2. The van der Waals surface area contributed by atoms with E-state index in [9.17, 15) is 9.59 Å². The highest BCUT2D eigenvalue weighted by molar-refractivity contribution is 7.17. The van der Waals surface area contributed by atoms with Gasteiger partial charge in [-0.3, -0.25) is 19.6 Å². The number of pyridine rings is 1. The highest BCUT2D eigenvalue weighted by Gasteiger charge is 2.27. The molecule has 1 saturated heterocycles. The number of anilines is 1. The summed E-state index contributed by atoms with van der Waals surface area (Å²) in [6.45, 7) is 1.68. The fourth-order valence-corrected chi connectivity index (χ4v) is 5.01. The molecule has 0 radical (unpaired) electrons. The smallest absolute Gasteiger partial charge is 0.270 e. The van der Waals surface area contributed by atoms with Crippen LogP contribution in [-0.2, 0) is 11.3 Å². The number of thiophene rings is 1. The number of piperidine rings is 1. The maximum atomic E-state index is 12.8. The van der Waals surface area contributed by atoms with Crippen LogP contribution in [0.4, 0.5) is 5.95 Å². The molecular formula is C24H23N5O2S. The Morgan fingerprint density at radius 3 is 2.84 bits per heavy atom. The van der Waals surface area contributed by atoms with E-state index >= 15 is 0 Å². The molecule has 4 heterocycles. The number of nitrogens with zero attached hydrogens (tertiary/aromatic N) is 3. The number of amides is 1. The summed E-state index contributed by atoms with van der Waals surface area (Å²) in [6, 6.07) is 15.6. The van der Waals surface area contributed by atoms with Crippen LogP contribution in [0.3, 0.4) is 0 Å². The number of fused-ring (bicyclic) bond motifs is 1. The van der Waals surface area contributed by atoms with Gasteiger partial charge in [-0.05, 0) is 30.5 Å². The minimum absolute atomic E-state index is 0.00397. The zero-order valence-corrected chi connectivity index (χ0v) is 18.3. The molecular weight excluding hydrogens is 422 g/mol. The number of aromatic amines is 1. The first kappa shape index (κ1) is 20.4. The van der Waals surface area contributed by atoms with Crippen LogP contribution in [0.2, 0.25) is 0 Å². The highest BCUT2D eigenvalue weighted by atomic mass is 32.1. The van der Waals surface area contributed by atoms with Crippen molar-refractivity contribution >= 4 is 33.4 Å². The van der Waals surface area contributed by atoms with Gasteiger partial charge >= 0.3 is 0 Å². The third-order valence-corrected chi connectivity index (χ3v) is 6.73. The molecule has 7 nitrogen and oxygen atoms in total. The minimum Gasteiger partial charge on any atom is -0.350 e. The molecule has 162 valence electrons. The van der Waals surface area contributed by atoms with E-state index in [0.29, 0.717) is 29.3 Å². The van der Waals surface area contributed by atoms with Crippen molar-refractivity contribution in [3.05, 3.63) is 76.2 Å². The highest BCUT2D eigenvalue weighted by Crippen LogP contribution is 2.32. The predicted octanol–water partition coefficient (Wildman–Crippen LogP) is 3.58. The Kier molecular flexibility index (Phi) is 5.68. The van der Waals surface area contributed by atoms with Crippen molar-refractivity contribution in [3.8, 4) is 11.1 Å². The molecule has 1 aliphatic rings. The standard InChI is InChI=1S/C24H23N5O2S/c30-22(26-13-18-10-4-5-11-25-18)17-9-6-12-29(14-17)24-27-20-19(16-7-2-1-3-8-16)15-32-21(20)23(31)28-24/h1-5,7-8,10-11,15,17H,6,9,12-14H2,(H,26,30)(H,27,28,31)/t17-/m0/s1. The van der Waals surface area contributed by atoms with Gasteiger partial charge in [0.15, 0.2) is 0 Å². The van der Waals surface area contributed by atoms with Crippen molar-refractivity contribution in [2.75, 3.05) is 18.0 Å². The molecule has 1 aromatic carbocycles. The maximum Gasteiger partial charge on any atom is 0.270 e. The molecule has 3 aromatic heterocycles. The van der Waals surface area contributed by atoms with Crippen molar-refractivity contribution in [1.29, 1.82) is 0 Å². The molecule has 1 amide bonds. The predicted molar refractivity (Wildman–Crippen MR) is 127 cm³/mol. The average Bonchev–Trinajstić information content (AvgIpc) is 3.28. The first-order valence-corrected chi connectivity index (χ1v) is 11.6. The second-order valence-corrected chi connectivity index (χ2v) is 8.79. The van der Waals surface area contributed by atoms with Crippen LogP contribution in [0.1, 0.15) is 18.5 Å². The van der Waals surface area contributed by atoms with Gasteiger partial charge in [0.2, 0.25) is 11.9 Å². The van der Waals surface area contributed by atoms with Crippen molar-refractivity contribution < 1.29 is 4.79 Å². The minimum atomic E-state index is -0.162. The van der Waals surface area contributed by atoms with E-state index in [4.69, 9.17) is 4.98 Å². The third-order valence-electron chi connectivity index (χ3n) is 5.76. The number of nitrogens with one attached hydrogen (secondary N) is 2. The van der Waals surface area contributed by atoms with Gasteiger partial charge in [0, 0.05) is 30.2 Å². The summed E-state index contributed by atoms with van der Waals surface area (Å²) in [5.41, 5.74) is 3.39. The van der Waals surface area contributed by atoms with Crippen molar-refractivity contribution in [1.82, 2.24) is 20.3 Å². The van der Waals surface area contributed by atoms with E-state index in [0.717, 1.165) is 36.2 Å². The molecule has 0 saturated carbocycles. The normalized spacial score (nSPS) is 16.2. The van der Waals surface area contributed by atoms with Crippen molar-refractivity contribution in [3.63, 3.8) is 0 Å². The van der Waals surface area contributed by atoms with Crippen LogP contribution in [0.15, 0.2) is 64.9 Å². The van der Waals surface area contributed by atoms with Gasteiger partial charge in [-0.2, -0.15) is 0 Å². The maximum absolute atomic E-state index is 12.8. The zero-order chi connectivity index (χ0) is 21.9. The largest absolute Gasteiger partial charge is 0.350 e. The summed E-state index contributed by atoms with van der Waals surface area (Å²) in [6.07, 6.45) is 3.39. The molecule has 0 aliphatic carbocycles. The van der Waals surface area contributed by atoms with Crippen LogP contribution < -0.4 is 15.8 Å². The molecule has 8 heteroatoms. The lowest BCUT2D eigenvalue weighted by atomic mass is 9.97. The van der Waals surface area contributed by atoms with Gasteiger partial charge in [0.1, 0.15) is 4.70 Å². The van der Waals surface area contributed by atoms with Crippen molar-refractivity contribution in [2.45, 2.75) is 19.4 Å². The second-order valence-electron chi connectivity index (χ2n) is 7.91. The van der Waals surface area contributed by atoms with Crippen LogP contribution in [0.5, 0.6) is 0 Å². The van der Waals surface area contributed by atoms with Gasteiger partial charge in [0.25, 0.3) is 5.56 Å². The first-order chi connectivity index (χ1) is 15.7. The molecule has 2 N–H and O–H groups in total. The summed E-state index contributed by atoms with van der Waals surface area (Å²) < 4.78 is 0.620. The second kappa shape index (κ2) is 8.92. The Bertz CT molecular complexity index is 1290. The zero-order valence-electron chi connectivity index (χ0n) is 17.5. The van der Waals surface area contributed by atoms with Crippen LogP contribution in [-0.4, -0.2) is 33.9 Å². The monoisotopic (exact) mass is 445 g/mol. The Balaban J connectivity index is 1.36. The summed E-state index contributed by atoms with van der Waals surface area (Å²) in [5.74, 6) is 0.370. The summed E-state index contributed by atoms with van der Waals surface area (Å²) in [5, 5.41) is 4.97. The molecule has 0 bridgehead atoms. The van der Waals surface area contributed by atoms with Gasteiger partial charge < -0.3 is 10.2 Å². The number of carbonyl (C=O) groups is 1. The fourth-order valence-electron chi connectivity index (χ4n) is 4.10. The molecule has 0 unspecified atom stereocenters. The molecule has 1 atom stereocenters. The van der Waals surface area contributed by atoms with Crippen LogP contribution >= 0.6 is 11.3 Å². The third kappa shape index (κ3) is 4.13. The van der Waals surface area contributed by atoms with Crippen LogP contribution in [0.25, 0.3) is 21.3 Å². The van der Waals surface area contributed by atoms with Gasteiger partial charge in [-0.1, -0.05) is 36.4 Å². The lowest BCUT2D eigenvalue weighted by Crippen LogP contribution is -2.44. The lowest BCUT2D eigenvalue weighted by Gasteiger charge is -2.32. The Morgan fingerprint density at radius 2 is 2.03 bits per heavy atom. The topological polar surface area (TPSA) is 91.0 Å². The average molecular weight is 446 g/mol. The van der Waals surface area contributed by atoms with Gasteiger partial charge in [0.05, 0.1) is 23.7 Å². The van der Waals surface area contributed by atoms with Gasteiger partial charge in [-0.25, -0.2) is 4.98 Å².